The van der Waals surface area contributed by atoms with Crippen molar-refractivity contribution in [2.45, 2.75) is 26.3 Å². The summed E-state index contributed by atoms with van der Waals surface area (Å²) in [5.74, 6) is -0.0869. The van der Waals surface area contributed by atoms with Crippen molar-refractivity contribution in [1.29, 1.82) is 0 Å². The van der Waals surface area contributed by atoms with Crippen LogP contribution in [0, 0.1) is 0 Å². The lowest BCUT2D eigenvalue weighted by Gasteiger charge is -2.23. The van der Waals surface area contributed by atoms with E-state index in [2.05, 4.69) is 4.72 Å². The number of hydrogen-bond acceptors (Lipinski definition) is 3. The number of hydrogen-bond donors (Lipinski definition) is 1. The maximum Gasteiger partial charge on any atom is 0.224 e. The molecule has 1 rings (SSSR count). The summed E-state index contributed by atoms with van der Waals surface area (Å²) in [7, 11) is -3.42. The summed E-state index contributed by atoms with van der Waals surface area (Å²) >= 11 is 5.84. The van der Waals surface area contributed by atoms with E-state index in [1.54, 1.807) is 29.2 Å². The van der Waals surface area contributed by atoms with Crippen molar-refractivity contribution in [2.24, 2.45) is 0 Å². The number of rotatable bonds is 7. The molecule has 0 aromatic heterocycles. The fourth-order valence-electron chi connectivity index (χ4n) is 2.06. The molecule has 0 saturated heterocycles. The standard InChI is InChI=1S/C14H21ClN2O3S/c1-4-17(5-2)14(18)10-13(16-21(3,19)20)11-6-8-12(15)9-7-11/h6-9,13,16H,4-5,10H2,1-3H3/t13-/m1/s1. The van der Waals surface area contributed by atoms with Crippen LogP contribution in [0.15, 0.2) is 24.3 Å². The first-order valence-electron chi connectivity index (χ1n) is 6.77. The molecule has 1 aromatic rings. The number of amides is 1. The molecule has 1 atom stereocenters. The van der Waals surface area contributed by atoms with Crippen LogP contribution in [0.3, 0.4) is 0 Å². The Morgan fingerprint density at radius 3 is 2.19 bits per heavy atom. The van der Waals surface area contributed by atoms with Gasteiger partial charge in [-0.3, -0.25) is 4.79 Å². The van der Waals surface area contributed by atoms with E-state index in [1.165, 1.54) is 0 Å². The predicted molar refractivity (Wildman–Crippen MR) is 84.7 cm³/mol. The van der Waals surface area contributed by atoms with Crippen LogP contribution < -0.4 is 4.72 Å². The molecule has 0 bridgehead atoms. The zero-order valence-corrected chi connectivity index (χ0v) is 14.0. The molecule has 0 heterocycles. The van der Waals surface area contributed by atoms with Crippen molar-refractivity contribution < 1.29 is 13.2 Å². The van der Waals surface area contributed by atoms with Gasteiger partial charge in [0.05, 0.1) is 12.3 Å². The molecule has 0 unspecified atom stereocenters. The van der Waals surface area contributed by atoms with Crippen LogP contribution in [-0.4, -0.2) is 38.6 Å². The van der Waals surface area contributed by atoms with Gasteiger partial charge in [-0.2, -0.15) is 0 Å². The van der Waals surface area contributed by atoms with Crippen molar-refractivity contribution in [3.8, 4) is 0 Å². The van der Waals surface area contributed by atoms with E-state index in [9.17, 15) is 13.2 Å². The summed E-state index contributed by atoms with van der Waals surface area (Å²) in [6.07, 6.45) is 1.16. The Kier molecular flexibility index (Phi) is 6.64. The zero-order chi connectivity index (χ0) is 16.0. The largest absolute Gasteiger partial charge is 0.343 e. The molecule has 21 heavy (non-hydrogen) atoms. The molecule has 5 nitrogen and oxygen atoms in total. The topological polar surface area (TPSA) is 66.5 Å². The maximum atomic E-state index is 12.2. The normalized spacial score (nSPS) is 13.0. The Balaban J connectivity index is 2.97. The lowest BCUT2D eigenvalue weighted by Crippen LogP contribution is -2.36. The molecule has 1 amide bonds. The number of nitrogens with zero attached hydrogens (tertiary/aromatic N) is 1. The third-order valence-corrected chi connectivity index (χ3v) is 4.09. The first kappa shape index (κ1) is 17.9. The minimum Gasteiger partial charge on any atom is -0.343 e. The number of halogens is 1. The van der Waals surface area contributed by atoms with Gasteiger partial charge in [0.25, 0.3) is 0 Å². The molecule has 0 radical (unpaired) electrons. The molecule has 0 spiro atoms. The zero-order valence-electron chi connectivity index (χ0n) is 12.5. The second-order valence-electron chi connectivity index (χ2n) is 4.76. The quantitative estimate of drug-likeness (QED) is 0.832. The van der Waals surface area contributed by atoms with Crippen LogP contribution in [0.2, 0.25) is 5.02 Å². The summed E-state index contributed by atoms with van der Waals surface area (Å²) in [6, 6.07) is 6.21. The first-order valence-corrected chi connectivity index (χ1v) is 9.04. The smallest absolute Gasteiger partial charge is 0.224 e. The number of sulfonamides is 1. The van der Waals surface area contributed by atoms with Crippen LogP contribution >= 0.6 is 11.6 Å². The lowest BCUT2D eigenvalue weighted by molar-refractivity contribution is -0.131. The summed E-state index contributed by atoms with van der Waals surface area (Å²) in [6.45, 7) is 4.98. The molecular weight excluding hydrogens is 312 g/mol. The Labute approximate surface area is 131 Å². The van der Waals surface area contributed by atoms with Crippen molar-refractivity contribution >= 4 is 27.5 Å². The van der Waals surface area contributed by atoms with E-state index in [0.29, 0.717) is 23.7 Å². The lowest BCUT2D eigenvalue weighted by atomic mass is 10.0. The van der Waals surface area contributed by atoms with Gasteiger partial charge < -0.3 is 4.90 Å². The molecule has 118 valence electrons. The highest BCUT2D eigenvalue weighted by Gasteiger charge is 2.22. The minimum absolute atomic E-state index is 0.0797. The monoisotopic (exact) mass is 332 g/mol. The van der Waals surface area contributed by atoms with Gasteiger partial charge in [0.2, 0.25) is 15.9 Å². The van der Waals surface area contributed by atoms with E-state index in [-0.39, 0.29) is 12.3 Å². The van der Waals surface area contributed by atoms with Crippen LogP contribution in [-0.2, 0) is 14.8 Å². The molecule has 7 heteroatoms. The van der Waals surface area contributed by atoms with E-state index in [0.717, 1.165) is 6.26 Å². The van der Waals surface area contributed by atoms with Crippen LogP contribution in [0.5, 0.6) is 0 Å². The fourth-order valence-corrected chi connectivity index (χ4v) is 2.92. The number of carbonyl (C=O) groups excluding carboxylic acids is 1. The number of carbonyl (C=O) groups is 1. The average molecular weight is 333 g/mol. The van der Waals surface area contributed by atoms with E-state index >= 15 is 0 Å². The van der Waals surface area contributed by atoms with Gasteiger partial charge in [-0.25, -0.2) is 13.1 Å². The van der Waals surface area contributed by atoms with Gasteiger partial charge in [0.15, 0.2) is 0 Å². The van der Waals surface area contributed by atoms with Gasteiger partial charge >= 0.3 is 0 Å². The first-order chi connectivity index (χ1) is 9.76. The maximum absolute atomic E-state index is 12.2. The third-order valence-electron chi connectivity index (χ3n) is 3.12. The van der Waals surface area contributed by atoms with Crippen molar-refractivity contribution in [2.75, 3.05) is 19.3 Å². The molecule has 0 fully saturated rings. The molecule has 0 aliphatic rings. The highest BCUT2D eigenvalue weighted by atomic mass is 35.5. The number of benzene rings is 1. The summed E-state index contributed by atoms with van der Waals surface area (Å²) in [4.78, 5) is 13.9. The summed E-state index contributed by atoms with van der Waals surface area (Å²) in [5, 5.41) is 0.562. The minimum atomic E-state index is -3.42. The van der Waals surface area contributed by atoms with Crippen molar-refractivity contribution in [3.63, 3.8) is 0 Å². The average Bonchev–Trinajstić information content (AvgIpc) is 2.38. The van der Waals surface area contributed by atoms with Crippen molar-refractivity contribution in [1.82, 2.24) is 9.62 Å². The molecule has 1 aromatic carbocycles. The van der Waals surface area contributed by atoms with E-state index in [1.807, 2.05) is 13.8 Å². The summed E-state index contributed by atoms with van der Waals surface area (Å²) < 4.78 is 25.5. The third kappa shape index (κ3) is 6.03. The predicted octanol–water partition coefficient (Wildman–Crippen LogP) is 2.19. The Morgan fingerprint density at radius 1 is 1.24 bits per heavy atom. The molecule has 0 aliphatic heterocycles. The second-order valence-corrected chi connectivity index (χ2v) is 6.98. The highest BCUT2D eigenvalue weighted by Crippen LogP contribution is 2.21. The molecule has 0 aliphatic carbocycles. The van der Waals surface area contributed by atoms with Crippen LogP contribution in [0.25, 0.3) is 0 Å². The van der Waals surface area contributed by atoms with Gasteiger partial charge in [-0.1, -0.05) is 23.7 Å². The molecule has 0 saturated carbocycles. The Hall–Kier alpha value is -1.11. The molecular formula is C14H21ClN2O3S. The van der Waals surface area contributed by atoms with Crippen LogP contribution in [0.4, 0.5) is 0 Å². The van der Waals surface area contributed by atoms with Gasteiger partial charge in [0.1, 0.15) is 0 Å². The Bertz CT molecular complexity index is 568. The Morgan fingerprint density at radius 2 is 1.76 bits per heavy atom. The van der Waals surface area contributed by atoms with Crippen molar-refractivity contribution in [3.05, 3.63) is 34.9 Å². The highest BCUT2D eigenvalue weighted by molar-refractivity contribution is 7.88. The van der Waals surface area contributed by atoms with E-state index in [4.69, 9.17) is 11.6 Å². The summed E-state index contributed by atoms with van der Waals surface area (Å²) in [5.41, 5.74) is 0.713. The number of nitrogens with one attached hydrogen (secondary N) is 1. The van der Waals surface area contributed by atoms with Gasteiger partial charge in [0, 0.05) is 24.5 Å². The van der Waals surface area contributed by atoms with E-state index < -0.39 is 16.1 Å². The van der Waals surface area contributed by atoms with Gasteiger partial charge in [-0.15, -0.1) is 0 Å². The fraction of sp³-hybridized carbons (Fsp3) is 0.500. The molecule has 1 N–H and O–H groups in total. The van der Waals surface area contributed by atoms with Crippen LogP contribution in [0.1, 0.15) is 31.9 Å². The van der Waals surface area contributed by atoms with Gasteiger partial charge in [-0.05, 0) is 31.5 Å². The second kappa shape index (κ2) is 7.77. The SMILES string of the molecule is CCN(CC)C(=O)C[C@@H](NS(C)(=O)=O)c1ccc(Cl)cc1.